The highest BCUT2D eigenvalue weighted by molar-refractivity contribution is 7.12. The van der Waals surface area contributed by atoms with Gasteiger partial charge in [0.25, 0.3) is 5.91 Å². The Hall–Kier alpha value is -3.45. The summed E-state index contributed by atoms with van der Waals surface area (Å²) >= 11 is 1.36. The highest BCUT2D eigenvalue weighted by atomic mass is 32.1. The van der Waals surface area contributed by atoms with Crippen molar-refractivity contribution in [3.05, 3.63) is 82.6 Å². The third-order valence-electron chi connectivity index (χ3n) is 4.03. The van der Waals surface area contributed by atoms with Gasteiger partial charge in [0.15, 0.2) is 0 Å². The summed E-state index contributed by atoms with van der Waals surface area (Å²) in [4.78, 5) is 36.8. The molecule has 0 saturated heterocycles. The molecule has 1 heterocycles. The SMILES string of the molecule is O=C(Cc1ccccc1)NCCC(=O)Nc1cccc(NC(=O)c2cccs2)c1. The monoisotopic (exact) mass is 407 g/mol. The Balaban J connectivity index is 1.43. The molecule has 1 aromatic heterocycles. The molecule has 0 bridgehead atoms. The van der Waals surface area contributed by atoms with Gasteiger partial charge >= 0.3 is 0 Å². The maximum atomic E-state index is 12.1. The Morgan fingerprint density at radius 3 is 2.28 bits per heavy atom. The second kappa shape index (κ2) is 10.2. The van der Waals surface area contributed by atoms with Gasteiger partial charge in [-0.1, -0.05) is 42.5 Å². The van der Waals surface area contributed by atoms with Gasteiger partial charge in [-0.3, -0.25) is 14.4 Å². The molecule has 3 aromatic rings. The van der Waals surface area contributed by atoms with Gasteiger partial charge in [0.1, 0.15) is 0 Å². The van der Waals surface area contributed by atoms with E-state index in [1.54, 1.807) is 30.3 Å². The maximum Gasteiger partial charge on any atom is 0.265 e. The van der Waals surface area contributed by atoms with Crippen molar-refractivity contribution >= 4 is 40.4 Å². The maximum absolute atomic E-state index is 12.1. The van der Waals surface area contributed by atoms with Crippen LogP contribution < -0.4 is 16.0 Å². The molecule has 0 aliphatic rings. The molecule has 6 nitrogen and oxygen atoms in total. The van der Waals surface area contributed by atoms with Crippen LogP contribution in [0.4, 0.5) is 11.4 Å². The molecular weight excluding hydrogens is 386 g/mol. The number of hydrogen-bond donors (Lipinski definition) is 3. The quantitative estimate of drug-likeness (QED) is 0.532. The Kier molecular flexibility index (Phi) is 7.13. The number of nitrogens with one attached hydrogen (secondary N) is 3. The van der Waals surface area contributed by atoms with Crippen LogP contribution >= 0.6 is 11.3 Å². The molecule has 2 aromatic carbocycles. The van der Waals surface area contributed by atoms with Crippen LogP contribution in [0.5, 0.6) is 0 Å². The van der Waals surface area contributed by atoms with Crippen LogP contribution in [0, 0.1) is 0 Å². The predicted octanol–water partition coefficient (Wildman–Crippen LogP) is 3.69. The number of carbonyl (C=O) groups is 3. The van der Waals surface area contributed by atoms with Crippen LogP contribution in [0.25, 0.3) is 0 Å². The highest BCUT2D eigenvalue weighted by Gasteiger charge is 2.09. The van der Waals surface area contributed by atoms with Gasteiger partial charge in [-0.05, 0) is 35.2 Å². The van der Waals surface area contributed by atoms with E-state index in [0.717, 1.165) is 5.56 Å². The largest absolute Gasteiger partial charge is 0.355 e. The van der Waals surface area contributed by atoms with Crippen molar-refractivity contribution in [3.8, 4) is 0 Å². The molecule has 7 heteroatoms. The Labute approximate surface area is 173 Å². The minimum atomic E-state index is -0.216. The molecule has 3 N–H and O–H groups in total. The molecule has 0 radical (unpaired) electrons. The Bertz CT molecular complexity index is 972. The first-order valence-electron chi connectivity index (χ1n) is 9.15. The second-order valence-corrected chi connectivity index (χ2v) is 7.27. The number of amides is 3. The number of anilines is 2. The first kappa shape index (κ1) is 20.3. The van der Waals surface area contributed by atoms with E-state index in [1.807, 2.05) is 41.8 Å². The van der Waals surface area contributed by atoms with E-state index in [4.69, 9.17) is 0 Å². The normalized spacial score (nSPS) is 10.2. The first-order chi connectivity index (χ1) is 14.1. The van der Waals surface area contributed by atoms with Crippen molar-refractivity contribution in [2.75, 3.05) is 17.2 Å². The minimum absolute atomic E-state index is 0.123. The molecule has 3 rings (SSSR count). The van der Waals surface area contributed by atoms with Crippen LogP contribution in [0.1, 0.15) is 21.7 Å². The number of benzene rings is 2. The summed E-state index contributed by atoms with van der Waals surface area (Å²) < 4.78 is 0. The van der Waals surface area contributed by atoms with Gasteiger partial charge in [0, 0.05) is 24.3 Å². The lowest BCUT2D eigenvalue weighted by molar-refractivity contribution is -0.120. The fourth-order valence-electron chi connectivity index (χ4n) is 2.66. The molecule has 0 atom stereocenters. The third-order valence-corrected chi connectivity index (χ3v) is 4.90. The van der Waals surface area contributed by atoms with E-state index in [-0.39, 0.29) is 37.1 Å². The molecule has 0 spiro atoms. The van der Waals surface area contributed by atoms with Gasteiger partial charge in [0.05, 0.1) is 11.3 Å². The summed E-state index contributed by atoms with van der Waals surface area (Å²) in [6.45, 7) is 0.256. The Morgan fingerprint density at radius 2 is 1.55 bits per heavy atom. The minimum Gasteiger partial charge on any atom is -0.355 e. The third kappa shape index (κ3) is 6.58. The lowest BCUT2D eigenvalue weighted by Crippen LogP contribution is -2.28. The highest BCUT2D eigenvalue weighted by Crippen LogP contribution is 2.17. The van der Waals surface area contributed by atoms with Crippen molar-refractivity contribution in [2.45, 2.75) is 12.8 Å². The average Bonchev–Trinajstić information content (AvgIpc) is 3.24. The van der Waals surface area contributed by atoms with Crippen molar-refractivity contribution in [3.63, 3.8) is 0 Å². The zero-order valence-corrected chi connectivity index (χ0v) is 16.5. The lowest BCUT2D eigenvalue weighted by Gasteiger charge is -2.09. The van der Waals surface area contributed by atoms with E-state index in [2.05, 4.69) is 16.0 Å². The Morgan fingerprint density at radius 1 is 0.793 bits per heavy atom. The topological polar surface area (TPSA) is 87.3 Å². The summed E-state index contributed by atoms with van der Waals surface area (Å²) in [6, 6.07) is 19.9. The summed E-state index contributed by atoms with van der Waals surface area (Å²) in [5.74, 6) is -0.529. The van der Waals surface area contributed by atoms with E-state index in [9.17, 15) is 14.4 Å². The van der Waals surface area contributed by atoms with Crippen LogP contribution in [0.15, 0.2) is 72.1 Å². The van der Waals surface area contributed by atoms with Crippen LogP contribution in [0.2, 0.25) is 0 Å². The number of hydrogen-bond acceptors (Lipinski definition) is 4. The lowest BCUT2D eigenvalue weighted by atomic mass is 10.1. The van der Waals surface area contributed by atoms with Crippen molar-refractivity contribution in [2.24, 2.45) is 0 Å². The summed E-state index contributed by atoms with van der Waals surface area (Å²) in [5, 5.41) is 10.2. The fourth-order valence-corrected chi connectivity index (χ4v) is 3.28. The molecule has 0 aliphatic carbocycles. The zero-order valence-electron chi connectivity index (χ0n) is 15.7. The molecule has 0 saturated carbocycles. The van der Waals surface area contributed by atoms with Crippen molar-refractivity contribution in [1.29, 1.82) is 0 Å². The van der Waals surface area contributed by atoms with E-state index in [0.29, 0.717) is 16.3 Å². The second-order valence-electron chi connectivity index (χ2n) is 6.32. The molecule has 0 fully saturated rings. The summed E-state index contributed by atoms with van der Waals surface area (Å²) in [6.07, 6.45) is 0.445. The van der Waals surface area contributed by atoms with Crippen LogP contribution in [-0.4, -0.2) is 24.3 Å². The summed E-state index contributed by atoms with van der Waals surface area (Å²) in [7, 11) is 0. The molecular formula is C22H21N3O3S. The van der Waals surface area contributed by atoms with E-state index in [1.165, 1.54) is 11.3 Å². The molecule has 29 heavy (non-hydrogen) atoms. The van der Waals surface area contributed by atoms with E-state index < -0.39 is 0 Å². The van der Waals surface area contributed by atoms with Gasteiger partial charge in [0.2, 0.25) is 11.8 Å². The smallest absolute Gasteiger partial charge is 0.265 e. The summed E-state index contributed by atoms with van der Waals surface area (Å²) in [5.41, 5.74) is 2.10. The molecule has 0 unspecified atom stereocenters. The number of thiophene rings is 1. The van der Waals surface area contributed by atoms with Crippen molar-refractivity contribution < 1.29 is 14.4 Å². The number of rotatable bonds is 8. The van der Waals surface area contributed by atoms with Gasteiger partial charge < -0.3 is 16.0 Å². The predicted molar refractivity (Wildman–Crippen MR) is 115 cm³/mol. The fraction of sp³-hybridized carbons (Fsp3) is 0.136. The van der Waals surface area contributed by atoms with Gasteiger partial charge in [-0.15, -0.1) is 11.3 Å². The van der Waals surface area contributed by atoms with Crippen LogP contribution in [0.3, 0.4) is 0 Å². The molecule has 3 amide bonds. The van der Waals surface area contributed by atoms with E-state index >= 15 is 0 Å². The number of carbonyl (C=O) groups excluding carboxylic acids is 3. The van der Waals surface area contributed by atoms with Crippen molar-refractivity contribution in [1.82, 2.24) is 5.32 Å². The standard InChI is InChI=1S/C22H21N3O3S/c26-20(11-12-23-21(27)14-16-6-2-1-3-7-16)24-17-8-4-9-18(15-17)25-22(28)19-10-5-13-29-19/h1-10,13,15H,11-12,14H2,(H,23,27)(H,24,26)(H,25,28). The van der Waals surface area contributed by atoms with Gasteiger partial charge in [-0.25, -0.2) is 0 Å². The first-order valence-corrected chi connectivity index (χ1v) is 10.0. The van der Waals surface area contributed by atoms with Gasteiger partial charge in [-0.2, -0.15) is 0 Å². The zero-order chi connectivity index (χ0) is 20.5. The van der Waals surface area contributed by atoms with Crippen LogP contribution in [-0.2, 0) is 16.0 Å². The average molecular weight is 407 g/mol. The molecule has 0 aliphatic heterocycles. The molecule has 148 valence electrons.